The number of fused-ring (bicyclic) bond motifs is 1. The minimum absolute atomic E-state index is 0.251. The number of anilines is 2. The third-order valence-corrected chi connectivity index (χ3v) is 8.25. The van der Waals surface area contributed by atoms with E-state index in [1.54, 1.807) is 49.9 Å². The first-order valence-electron chi connectivity index (χ1n) is 12.8. The second kappa shape index (κ2) is 13.7. The fraction of sp³-hybridized carbons (Fsp3) is 0.393. The SMILES string of the molecule is CCC(Sc1cccc(NC(=O)/C=C/C(=O)O)c1)C(=O)Nc1sc2c(c1C(=O)OC)CCN(C(=O)OC(C)(C)C)C2. The second-order valence-electron chi connectivity index (χ2n) is 10.0. The zero-order valence-corrected chi connectivity index (χ0v) is 25.1. The number of hydrogen-bond acceptors (Lipinski definition) is 9. The molecule has 0 saturated heterocycles. The van der Waals surface area contributed by atoms with Gasteiger partial charge in [0.25, 0.3) is 0 Å². The largest absolute Gasteiger partial charge is 0.478 e. The summed E-state index contributed by atoms with van der Waals surface area (Å²) in [7, 11) is 1.28. The van der Waals surface area contributed by atoms with Crippen LogP contribution in [0.4, 0.5) is 15.5 Å². The molecule has 41 heavy (non-hydrogen) atoms. The van der Waals surface area contributed by atoms with Crippen molar-refractivity contribution in [2.45, 2.75) is 62.8 Å². The number of benzene rings is 1. The van der Waals surface area contributed by atoms with Crippen molar-refractivity contribution < 1.29 is 38.6 Å². The molecule has 3 rings (SSSR count). The average molecular weight is 604 g/mol. The molecule has 0 radical (unpaired) electrons. The topological polar surface area (TPSA) is 151 Å². The molecule has 0 spiro atoms. The minimum Gasteiger partial charge on any atom is -0.478 e. The van der Waals surface area contributed by atoms with Gasteiger partial charge in [0, 0.05) is 34.2 Å². The molecule has 1 aliphatic heterocycles. The Bertz CT molecular complexity index is 1360. The van der Waals surface area contributed by atoms with Crippen LogP contribution in [0.5, 0.6) is 0 Å². The molecule has 1 atom stereocenters. The van der Waals surface area contributed by atoms with Crippen molar-refractivity contribution in [3.8, 4) is 0 Å². The molecule has 2 heterocycles. The molecule has 2 aromatic rings. The number of nitrogens with one attached hydrogen (secondary N) is 2. The van der Waals surface area contributed by atoms with Gasteiger partial charge in [0.2, 0.25) is 11.8 Å². The second-order valence-corrected chi connectivity index (χ2v) is 12.4. The van der Waals surface area contributed by atoms with Crippen LogP contribution >= 0.6 is 23.1 Å². The number of thiophene rings is 1. The van der Waals surface area contributed by atoms with E-state index < -0.39 is 34.8 Å². The first kappa shape index (κ1) is 31.7. The number of carbonyl (C=O) groups excluding carboxylic acids is 4. The van der Waals surface area contributed by atoms with Gasteiger partial charge in [0.1, 0.15) is 10.6 Å². The zero-order valence-electron chi connectivity index (χ0n) is 23.4. The van der Waals surface area contributed by atoms with Gasteiger partial charge < -0.3 is 30.1 Å². The smallest absolute Gasteiger partial charge is 0.410 e. The average Bonchev–Trinajstić information content (AvgIpc) is 3.26. The lowest BCUT2D eigenvalue weighted by Crippen LogP contribution is -2.39. The van der Waals surface area contributed by atoms with Gasteiger partial charge in [0.15, 0.2) is 0 Å². The van der Waals surface area contributed by atoms with Crippen molar-refractivity contribution in [3.63, 3.8) is 0 Å². The normalized spacial score (nSPS) is 13.7. The number of carboxylic acids is 1. The molecule has 1 aromatic heterocycles. The maximum atomic E-state index is 13.4. The summed E-state index contributed by atoms with van der Waals surface area (Å²) in [5.74, 6) is -2.71. The Morgan fingerprint density at radius 2 is 1.90 bits per heavy atom. The molecule has 13 heteroatoms. The number of hydrogen-bond donors (Lipinski definition) is 3. The van der Waals surface area contributed by atoms with Gasteiger partial charge in [-0.2, -0.15) is 0 Å². The van der Waals surface area contributed by atoms with E-state index in [1.807, 2.05) is 6.92 Å². The van der Waals surface area contributed by atoms with Crippen LogP contribution < -0.4 is 10.6 Å². The van der Waals surface area contributed by atoms with Crippen molar-refractivity contribution in [2.24, 2.45) is 0 Å². The molecule has 3 amide bonds. The highest BCUT2D eigenvalue weighted by Gasteiger charge is 2.33. The van der Waals surface area contributed by atoms with E-state index >= 15 is 0 Å². The van der Waals surface area contributed by atoms with Crippen LogP contribution in [0, 0.1) is 0 Å². The van der Waals surface area contributed by atoms with E-state index in [9.17, 15) is 24.0 Å². The summed E-state index contributed by atoms with van der Waals surface area (Å²) in [6.07, 6.45) is 2.10. The van der Waals surface area contributed by atoms with Gasteiger partial charge in [-0.15, -0.1) is 23.1 Å². The van der Waals surface area contributed by atoms with Crippen molar-refractivity contribution >= 4 is 63.6 Å². The lowest BCUT2D eigenvalue weighted by atomic mass is 10.0. The fourth-order valence-electron chi connectivity index (χ4n) is 3.95. The predicted octanol–water partition coefficient (Wildman–Crippen LogP) is 4.92. The number of esters is 1. The van der Waals surface area contributed by atoms with Crippen LogP contribution in [0.15, 0.2) is 41.3 Å². The summed E-state index contributed by atoms with van der Waals surface area (Å²) in [5.41, 5.74) is 0.846. The van der Waals surface area contributed by atoms with Crippen molar-refractivity contribution in [1.29, 1.82) is 0 Å². The van der Waals surface area contributed by atoms with Crippen LogP contribution in [0.25, 0.3) is 0 Å². The van der Waals surface area contributed by atoms with Crippen LogP contribution in [-0.4, -0.2) is 64.4 Å². The maximum Gasteiger partial charge on any atom is 0.410 e. The summed E-state index contributed by atoms with van der Waals surface area (Å²) in [6.45, 7) is 7.86. The first-order chi connectivity index (χ1) is 19.3. The zero-order chi connectivity index (χ0) is 30.3. The summed E-state index contributed by atoms with van der Waals surface area (Å²) in [5, 5.41) is 14.0. The molecule has 1 unspecified atom stereocenters. The molecule has 0 fully saturated rings. The summed E-state index contributed by atoms with van der Waals surface area (Å²) in [6, 6.07) is 6.83. The summed E-state index contributed by atoms with van der Waals surface area (Å²) >= 11 is 2.52. The van der Waals surface area contributed by atoms with Gasteiger partial charge in [-0.3, -0.25) is 9.59 Å². The highest BCUT2D eigenvalue weighted by Crippen LogP contribution is 2.39. The Hall–Kier alpha value is -3.84. The van der Waals surface area contributed by atoms with E-state index in [0.29, 0.717) is 40.5 Å². The molecule has 0 aliphatic carbocycles. The molecule has 1 aliphatic rings. The number of amides is 3. The monoisotopic (exact) mass is 603 g/mol. The molecule has 0 saturated carbocycles. The standard InChI is InChI=1S/C28H33N3O8S2/c1-6-19(40-17-9-7-8-16(14-17)29-21(32)10-11-22(33)34)24(35)30-25-23(26(36)38-5)18-12-13-31(15-20(18)41-25)27(37)39-28(2,3)4/h7-11,14,19H,6,12-13,15H2,1-5H3,(H,29,32)(H,30,35)(H,33,34)/b11-10+. The molecular formula is C28H33N3O8S2. The summed E-state index contributed by atoms with van der Waals surface area (Å²) < 4.78 is 10.5. The van der Waals surface area contributed by atoms with Crippen LogP contribution in [-0.2, 0) is 36.8 Å². The Balaban J connectivity index is 1.76. The lowest BCUT2D eigenvalue weighted by molar-refractivity contribution is -0.131. The van der Waals surface area contributed by atoms with E-state index in [2.05, 4.69) is 10.6 Å². The van der Waals surface area contributed by atoms with E-state index in [-0.39, 0.29) is 12.5 Å². The van der Waals surface area contributed by atoms with E-state index in [1.165, 1.54) is 30.2 Å². The molecule has 11 nitrogen and oxygen atoms in total. The summed E-state index contributed by atoms with van der Waals surface area (Å²) in [4.78, 5) is 64.4. The van der Waals surface area contributed by atoms with Crippen molar-refractivity contribution in [2.75, 3.05) is 24.3 Å². The number of ether oxygens (including phenoxy) is 2. The van der Waals surface area contributed by atoms with Gasteiger partial charge in [-0.25, -0.2) is 14.4 Å². The quantitative estimate of drug-likeness (QED) is 0.206. The minimum atomic E-state index is -1.23. The highest BCUT2D eigenvalue weighted by atomic mass is 32.2. The van der Waals surface area contributed by atoms with Crippen LogP contribution in [0.3, 0.4) is 0 Å². The first-order valence-corrected chi connectivity index (χ1v) is 14.5. The Labute approximate surface area is 246 Å². The third kappa shape index (κ3) is 8.82. The van der Waals surface area contributed by atoms with Gasteiger partial charge >= 0.3 is 18.0 Å². The Morgan fingerprint density at radius 1 is 1.17 bits per heavy atom. The fourth-order valence-corrected chi connectivity index (χ4v) is 6.22. The van der Waals surface area contributed by atoms with Crippen molar-refractivity contribution in [1.82, 2.24) is 4.90 Å². The van der Waals surface area contributed by atoms with E-state index in [0.717, 1.165) is 22.6 Å². The third-order valence-electron chi connectivity index (χ3n) is 5.76. The number of aliphatic carboxylic acids is 1. The number of carbonyl (C=O) groups is 5. The molecular weight excluding hydrogens is 570 g/mol. The van der Waals surface area contributed by atoms with Gasteiger partial charge in [-0.05, 0) is 57.4 Å². The molecule has 1 aromatic carbocycles. The van der Waals surface area contributed by atoms with E-state index in [4.69, 9.17) is 14.6 Å². The lowest BCUT2D eigenvalue weighted by Gasteiger charge is -2.30. The number of carboxylic acid groups (broad SMARTS) is 1. The van der Waals surface area contributed by atoms with Gasteiger partial charge in [0.05, 0.1) is 24.5 Å². The number of methoxy groups -OCH3 is 1. The van der Waals surface area contributed by atoms with Crippen LogP contribution in [0.1, 0.15) is 54.9 Å². The van der Waals surface area contributed by atoms with Gasteiger partial charge in [-0.1, -0.05) is 13.0 Å². The Kier molecular flexibility index (Phi) is 10.6. The number of thioether (sulfide) groups is 1. The molecule has 0 bridgehead atoms. The highest BCUT2D eigenvalue weighted by molar-refractivity contribution is 8.00. The Morgan fingerprint density at radius 3 is 2.54 bits per heavy atom. The van der Waals surface area contributed by atoms with Crippen LogP contribution in [0.2, 0.25) is 0 Å². The number of rotatable bonds is 9. The van der Waals surface area contributed by atoms with Crippen molar-refractivity contribution in [3.05, 3.63) is 52.4 Å². The number of nitrogens with zero attached hydrogens (tertiary/aromatic N) is 1. The molecule has 220 valence electrons. The molecule has 3 N–H and O–H groups in total. The maximum absolute atomic E-state index is 13.4. The predicted molar refractivity (Wildman–Crippen MR) is 156 cm³/mol.